The van der Waals surface area contributed by atoms with Crippen LogP contribution in [0.15, 0.2) is 155 Å². The van der Waals surface area contributed by atoms with E-state index in [0.29, 0.717) is 21.2 Å². The van der Waals surface area contributed by atoms with Gasteiger partial charge in [-0.2, -0.15) is 0 Å². The Bertz CT molecular complexity index is 2410. The summed E-state index contributed by atoms with van der Waals surface area (Å²) in [6.07, 6.45) is 3.67. The van der Waals surface area contributed by atoms with Crippen molar-refractivity contribution in [3.8, 4) is 44.5 Å². The van der Waals surface area contributed by atoms with E-state index in [1.165, 1.54) is 0 Å². The lowest BCUT2D eigenvalue weighted by Crippen LogP contribution is -2.20. The summed E-state index contributed by atoms with van der Waals surface area (Å²) < 4.78 is 5.46. The highest BCUT2D eigenvalue weighted by atomic mass is 79.9. The number of pyridine rings is 2. The lowest BCUT2D eigenvalue weighted by atomic mass is 9.91. The van der Waals surface area contributed by atoms with Gasteiger partial charge in [-0.1, -0.05) is 116 Å². The van der Waals surface area contributed by atoms with Crippen LogP contribution in [0, 0.1) is 0 Å². The summed E-state index contributed by atoms with van der Waals surface area (Å²) >= 11 is 19.7. The Morgan fingerprint density at radius 1 is 0.420 bits per heavy atom. The van der Waals surface area contributed by atoms with Gasteiger partial charge in [0.2, 0.25) is 0 Å². The van der Waals surface area contributed by atoms with E-state index in [1.54, 1.807) is 0 Å². The van der Waals surface area contributed by atoms with Crippen molar-refractivity contribution in [2.75, 3.05) is 0 Å². The molecule has 242 valence electrons. The van der Waals surface area contributed by atoms with Gasteiger partial charge in [-0.05, 0) is 95.1 Å². The Morgan fingerprint density at radius 2 is 0.740 bits per heavy atom. The number of carbonyl (C=O) groups is 2. The predicted molar refractivity (Wildman–Crippen MR) is 211 cm³/mol. The van der Waals surface area contributed by atoms with E-state index in [-0.39, 0.29) is 11.4 Å². The second-order valence-electron chi connectivity index (χ2n) is 11.8. The molecule has 0 bridgehead atoms. The summed E-state index contributed by atoms with van der Waals surface area (Å²) in [7, 11) is 0. The van der Waals surface area contributed by atoms with E-state index in [9.17, 15) is 0 Å². The van der Waals surface area contributed by atoms with Crippen LogP contribution in [0.1, 0.15) is 21.0 Å². The molecular weight excluding hydrogens is 795 g/mol. The SMILES string of the molecule is O=C(C(=O)c1c(-c2ccc(Br)cc2)c(-c2ccc(Cl)cc2)c2ccccn12)c1c(-c2ccc(Br)cc2)c(-c2ccc(Cl)cc2)c2ccccn12. The summed E-state index contributed by atoms with van der Waals surface area (Å²) in [5.74, 6) is -1.26. The number of hydrogen-bond acceptors (Lipinski definition) is 2. The smallest absolute Gasteiger partial charge is 0.252 e. The number of Topliss-reactive ketones (excluding diaryl/α,β-unsaturated/α-hetero) is 2. The van der Waals surface area contributed by atoms with Gasteiger partial charge in [0.15, 0.2) is 0 Å². The Labute approximate surface area is 314 Å². The molecule has 0 atom stereocenters. The summed E-state index contributed by atoms with van der Waals surface area (Å²) in [4.78, 5) is 30.3. The summed E-state index contributed by atoms with van der Waals surface area (Å²) in [6, 6.07) is 42.2. The second kappa shape index (κ2) is 13.2. The normalized spacial score (nSPS) is 11.4. The molecule has 0 amide bonds. The third-order valence-corrected chi connectivity index (χ3v) is 10.4. The van der Waals surface area contributed by atoms with Gasteiger partial charge in [0.1, 0.15) is 11.4 Å². The molecule has 0 aliphatic heterocycles. The number of ketones is 2. The third-order valence-electron chi connectivity index (χ3n) is 8.86. The molecule has 4 aromatic heterocycles. The van der Waals surface area contributed by atoms with Crippen LogP contribution >= 0.6 is 55.1 Å². The van der Waals surface area contributed by atoms with E-state index in [1.807, 2.05) is 155 Å². The van der Waals surface area contributed by atoms with E-state index in [0.717, 1.165) is 53.4 Å². The van der Waals surface area contributed by atoms with E-state index in [2.05, 4.69) is 31.9 Å². The lowest BCUT2D eigenvalue weighted by molar-refractivity contribution is 0.0811. The second-order valence-corrected chi connectivity index (χ2v) is 14.5. The fourth-order valence-electron chi connectivity index (χ4n) is 6.69. The number of fused-ring (bicyclic) bond motifs is 2. The molecule has 4 nitrogen and oxygen atoms in total. The molecule has 8 rings (SSSR count). The standard InChI is InChI=1S/C42H24Br2Cl2N2O2/c43-29-15-7-27(8-16-29)37-35(25-11-19-31(45)20-12-25)33-5-1-3-23-47(33)39(37)41(49)42(50)40-38(28-9-17-30(44)18-10-28)36(26-13-21-32(46)22-14-26)34-6-2-4-24-48(34)40/h1-24H. The lowest BCUT2D eigenvalue weighted by Gasteiger charge is -2.11. The molecular formula is C42H24Br2Cl2N2O2. The molecule has 0 N–H and O–H groups in total. The number of nitrogens with zero attached hydrogens (tertiary/aromatic N) is 2. The van der Waals surface area contributed by atoms with Gasteiger partial charge < -0.3 is 8.80 Å². The highest BCUT2D eigenvalue weighted by molar-refractivity contribution is 9.10. The van der Waals surface area contributed by atoms with Crippen LogP contribution in [0.3, 0.4) is 0 Å². The summed E-state index contributed by atoms with van der Waals surface area (Å²) in [5.41, 5.74) is 8.46. The van der Waals surface area contributed by atoms with Crippen molar-refractivity contribution in [2.24, 2.45) is 0 Å². The number of rotatable bonds is 7. The number of halogens is 4. The zero-order chi connectivity index (χ0) is 34.5. The van der Waals surface area contributed by atoms with Crippen molar-refractivity contribution in [3.63, 3.8) is 0 Å². The Hall–Kier alpha value is -4.72. The van der Waals surface area contributed by atoms with Gasteiger partial charge in [0, 0.05) is 53.6 Å². The molecule has 4 aromatic carbocycles. The zero-order valence-corrected chi connectivity index (χ0v) is 30.8. The summed E-state index contributed by atoms with van der Waals surface area (Å²) in [5, 5.41) is 1.21. The summed E-state index contributed by atoms with van der Waals surface area (Å²) in [6.45, 7) is 0. The largest absolute Gasteiger partial charge is 0.312 e. The third kappa shape index (κ3) is 5.62. The van der Waals surface area contributed by atoms with Crippen molar-refractivity contribution in [1.82, 2.24) is 8.80 Å². The van der Waals surface area contributed by atoms with Crippen molar-refractivity contribution < 1.29 is 9.59 Å². The minimum absolute atomic E-state index is 0.276. The molecule has 0 saturated heterocycles. The number of carbonyl (C=O) groups excluding carboxylic acids is 2. The maximum atomic E-state index is 15.2. The molecule has 4 heterocycles. The van der Waals surface area contributed by atoms with Gasteiger partial charge in [-0.15, -0.1) is 0 Å². The van der Waals surface area contributed by atoms with Gasteiger partial charge in [0.25, 0.3) is 11.6 Å². The maximum absolute atomic E-state index is 15.2. The predicted octanol–water partition coefficient (Wildman–Crippen LogP) is 12.8. The highest BCUT2D eigenvalue weighted by Crippen LogP contribution is 2.44. The quantitative estimate of drug-likeness (QED) is 0.119. The van der Waals surface area contributed by atoms with Crippen LogP contribution in [0.4, 0.5) is 0 Å². The first-order valence-corrected chi connectivity index (χ1v) is 18.0. The molecule has 0 fully saturated rings. The molecule has 0 saturated carbocycles. The Balaban J connectivity index is 1.43. The van der Waals surface area contributed by atoms with Crippen molar-refractivity contribution in [2.45, 2.75) is 0 Å². The first-order chi connectivity index (χ1) is 24.3. The van der Waals surface area contributed by atoms with Gasteiger partial charge >= 0.3 is 0 Å². The first kappa shape index (κ1) is 32.5. The molecule has 0 unspecified atom stereocenters. The first-order valence-electron chi connectivity index (χ1n) is 15.7. The molecule has 0 aliphatic carbocycles. The monoisotopic (exact) mass is 816 g/mol. The topological polar surface area (TPSA) is 43.0 Å². The molecule has 0 radical (unpaired) electrons. The molecule has 8 heteroatoms. The van der Waals surface area contributed by atoms with Crippen LogP contribution in [-0.4, -0.2) is 20.4 Å². The number of aromatic nitrogens is 2. The molecule has 0 aliphatic rings. The average molecular weight is 819 g/mol. The van der Waals surface area contributed by atoms with Crippen LogP contribution in [0.5, 0.6) is 0 Å². The van der Waals surface area contributed by atoms with Crippen molar-refractivity contribution >= 4 is 77.7 Å². The van der Waals surface area contributed by atoms with E-state index < -0.39 is 11.6 Å². The fraction of sp³-hybridized carbons (Fsp3) is 0. The minimum atomic E-state index is -0.631. The van der Waals surface area contributed by atoms with E-state index in [4.69, 9.17) is 23.2 Å². The number of hydrogen-bond donors (Lipinski definition) is 0. The Morgan fingerprint density at radius 3 is 1.10 bits per heavy atom. The highest BCUT2D eigenvalue weighted by Gasteiger charge is 2.34. The minimum Gasteiger partial charge on any atom is -0.312 e. The van der Waals surface area contributed by atoms with Gasteiger partial charge in [-0.25, -0.2) is 0 Å². The molecule has 50 heavy (non-hydrogen) atoms. The zero-order valence-electron chi connectivity index (χ0n) is 26.1. The Kier molecular flexibility index (Phi) is 8.57. The van der Waals surface area contributed by atoms with E-state index >= 15 is 9.59 Å². The van der Waals surface area contributed by atoms with Crippen molar-refractivity contribution in [1.29, 1.82) is 0 Å². The molecule has 0 spiro atoms. The van der Waals surface area contributed by atoms with Crippen LogP contribution in [-0.2, 0) is 0 Å². The number of benzene rings is 4. The van der Waals surface area contributed by atoms with Gasteiger partial charge in [-0.3, -0.25) is 9.59 Å². The fourth-order valence-corrected chi connectivity index (χ4v) is 7.47. The van der Waals surface area contributed by atoms with Crippen molar-refractivity contribution in [3.05, 3.63) is 176 Å². The van der Waals surface area contributed by atoms with Crippen LogP contribution in [0.25, 0.3) is 55.5 Å². The maximum Gasteiger partial charge on any atom is 0.252 e. The van der Waals surface area contributed by atoms with Gasteiger partial charge in [0.05, 0.1) is 11.0 Å². The molecule has 8 aromatic rings. The average Bonchev–Trinajstić information content (AvgIpc) is 3.66. The van der Waals surface area contributed by atoms with Crippen LogP contribution in [0.2, 0.25) is 10.0 Å². The van der Waals surface area contributed by atoms with Crippen LogP contribution < -0.4 is 0 Å².